The molecular formula is C19H25N3O2S. The van der Waals surface area contributed by atoms with Crippen LogP contribution >= 0.6 is 0 Å². The molecule has 1 aliphatic rings. The van der Waals surface area contributed by atoms with Gasteiger partial charge in [0.25, 0.3) is 0 Å². The second-order valence-corrected chi connectivity index (χ2v) is 8.38. The van der Waals surface area contributed by atoms with Crippen LogP contribution in [-0.4, -0.2) is 30.8 Å². The van der Waals surface area contributed by atoms with Crippen LogP contribution in [0.15, 0.2) is 47.5 Å². The van der Waals surface area contributed by atoms with E-state index in [1.54, 1.807) is 22.6 Å². The van der Waals surface area contributed by atoms with Gasteiger partial charge in [0, 0.05) is 19.3 Å². The van der Waals surface area contributed by atoms with Crippen molar-refractivity contribution in [2.75, 3.05) is 18.4 Å². The SMILES string of the molecule is CCCNc1ccc([C@@H]2CCCN2S(=O)(=O)c2ccc(C)cc2)cn1. The van der Waals surface area contributed by atoms with E-state index in [1.807, 2.05) is 31.2 Å². The van der Waals surface area contributed by atoms with Gasteiger partial charge in [0.2, 0.25) is 10.0 Å². The molecule has 1 saturated heterocycles. The third kappa shape index (κ3) is 3.85. The predicted molar refractivity (Wildman–Crippen MR) is 100 cm³/mol. The molecule has 25 heavy (non-hydrogen) atoms. The molecule has 134 valence electrons. The second kappa shape index (κ2) is 7.54. The number of rotatable bonds is 6. The van der Waals surface area contributed by atoms with Gasteiger partial charge in [-0.3, -0.25) is 0 Å². The maximum absolute atomic E-state index is 13.0. The number of anilines is 1. The van der Waals surface area contributed by atoms with Gasteiger partial charge in [-0.1, -0.05) is 30.7 Å². The lowest BCUT2D eigenvalue weighted by Crippen LogP contribution is -2.30. The number of benzene rings is 1. The van der Waals surface area contributed by atoms with Crippen molar-refractivity contribution in [3.8, 4) is 0 Å². The minimum Gasteiger partial charge on any atom is -0.370 e. The van der Waals surface area contributed by atoms with E-state index in [0.29, 0.717) is 11.4 Å². The Bertz CT molecular complexity index is 802. The van der Waals surface area contributed by atoms with Crippen molar-refractivity contribution in [3.05, 3.63) is 53.7 Å². The van der Waals surface area contributed by atoms with Crippen molar-refractivity contribution >= 4 is 15.8 Å². The smallest absolute Gasteiger partial charge is 0.243 e. The molecule has 0 spiro atoms. The van der Waals surface area contributed by atoms with Crippen molar-refractivity contribution in [1.29, 1.82) is 0 Å². The standard InChI is InChI=1S/C19H25N3O2S/c1-3-12-20-19-11-8-16(14-21-19)18-5-4-13-22(18)25(23,24)17-9-6-15(2)7-10-17/h6-11,14,18H,3-5,12-13H2,1-2H3,(H,20,21)/t18-/m0/s1. The van der Waals surface area contributed by atoms with Gasteiger partial charge in [0.1, 0.15) is 5.82 Å². The van der Waals surface area contributed by atoms with Gasteiger partial charge < -0.3 is 5.32 Å². The third-order valence-corrected chi connectivity index (χ3v) is 6.48. The highest BCUT2D eigenvalue weighted by Gasteiger charge is 2.36. The summed E-state index contributed by atoms with van der Waals surface area (Å²) in [7, 11) is -3.49. The molecule has 1 N–H and O–H groups in total. The zero-order valence-corrected chi connectivity index (χ0v) is 15.6. The number of hydrogen-bond donors (Lipinski definition) is 1. The van der Waals surface area contributed by atoms with Crippen LogP contribution in [0.1, 0.15) is 43.4 Å². The first-order valence-corrected chi connectivity index (χ1v) is 10.2. The van der Waals surface area contributed by atoms with Crippen LogP contribution in [0.2, 0.25) is 0 Å². The Hall–Kier alpha value is -1.92. The van der Waals surface area contributed by atoms with E-state index in [1.165, 1.54) is 0 Å². The van der Waals surface area contributed by atoms with Crippen LogP contribution < -0.4 is 5.32 Å². The van der Waals surface area contributed by atoms with Gasteiger partial charge in [0.15, 0.2) is 0 Å². The number of pyridine rings is 1. The van der Waals surface area contributed by atoms with E-state index in [4.69, 9.17) is 0 Å². The van der Waals surface area contributed by atoms with Crippen LogP contribution in [0, 0.1) is 6.92 Å². The largest absolute Gasteiger partial charge is 0.370 e. The molecule has 0 aliphatic carbocycles. The molecule has 0 amide bonds. The topological polar surface area (TPSA) is 62.3 Å². The highest BCUT2D eigenvalue weighted by molar-refractivity contribution is 7.89. The quantitative estimate of drug-likeness (QED) is 0.853. The van der Waals surface area contributed by atoms with Crippen LogP contribution in [0.4, 0.5) is 5.82 Å². The third-order valence-electron chi connectivity index (χ3n) is 4.56. The molecule has 0 unspecified atom stereocenters. The fourth-order valence-electron chi connectivity index (χ4n) is 3.17. The normalized spacial score (nSPS) is 18.4. The summed E-state index contributed by atoms with van der Waals surface area (Å²) in [5.41, 5.74) is 2.01. The molecule has 1 fully saturated rings. The Morgan fingerprint density at radius 2 is 1.96 bits per heavy atom. The molecule has 5 nitrogen and oxygen atoms in total. The lowest BCUT2D eigenvalue weighted by molar-refractivity contribution is 0.396. The van der Waals surface area contributed by atoms with E-state index in [0.717, 1.165) is 42.8 Å². The molecule has 0 saturated carbocycles. The van der Waals surface area contributed by atoms with Gasteiger partial charge >= 0.3 is 0 Å². The summed E-state index contributed by atoms with van der Waals surface area (Å²) in [5, 5.41) is 3.24. The van der Waals surface area contributed by atoms with E-state index in [2.05, 4.69) is 17.2 Å². The Labute approximate surface area is 150 Å². The van der Waals surface area contributed by atoms with Gasteiger partial charge in [-0.25, -0.2) is 13.4 Å². The summed E-state index contributed by atoms with van der Waals surface area (Å²) in [6, 6.07) is 10.8. The maximum Gasteiger partial charge on any atom is 0.243 e. The lowest BCUT2D eigenvalue weighted by atomic mass is 10.1. The molecule has 6 heteroatoms. The molecule has 1 aromatic carbocycles. The van der Waals surface area contributed by atoms with E-state index in [9.17, 15) is 8.42 Å². The van der Waals surface area contributed by atoms with Crippen LogP contribution in [0.3, 0.4) is 0 Å². The highest BCUT2D eigenvalue weighted by Crippen LogP contribution is 2.36. The van der Waals surface area contributed by atoms with E-state index in [-0.39, 0.29) is 6.04 Å². The molecule has 1 aromatic heterocycles. The molecule has 1 aliphatic heterocycles. The summed E-state index contributed by atoms with van der Waals surface area (Å²) in [6.45, 7) is 5.49. The fraction of sp³-hybridized carbons (Fsp3) is 0.421. The zero-order chi connectivity index (χ0) is 17.9. The Balaban J connectivity index is 1.83. The van der Waals surface area contributed by atoms with Crippen molar-refractivity contribution in [2.45, 2.75) is 44.0 Å². The van der Waals surface area contributed by atoms with Crippen LogP contribution in [0.5, 0.6) is 0 Å². The monoisotopic (exact) mass is 359 g/mol. The molecule has 0 bridgehead atoms. The Morgan fingerprint density at radius 1 is 1.20 bits per heavy atom. The fourth-order valence-corrected chi connectivity index (χ4v) is 4.85. The number of sulfonamides is 1. The van der Waals surface area contributed by atoms with Crippen molar-refractivity contribution in [3.63, 3.8) is 0 Å². The average Bonchev–Trinajstić information content (AvgIpc) is 3.11. The number of hydrogen-bond acceptors (Lipinski definition) is 4. The molecule has 2 aromatic rings. The number of aryl methyl sites for hydroxylation is 1. The average molecular weight is 359 g/mol. The summed E-state index contributed by atoms with van der Waals surface area (Å²) in [4.78, 5) is 4.79. The lowest BCUT2D eigenvalue weighted by Gasteiger charge is -2.24. The van der Waals surface area contributed by atoms with Crippen molar-refractivity contribution in [1.82, 2.24) is 9.29 Å². The van der Waals surface area contributed by atoms with Gasteiger partial charge in [-0.05, 0) is 49.9 Å². The highest BCUT2D eigenvalue weighted by atomic mass is 32.2. The van der Waals surface area contributed by atoms with Crippen molar-refractivity contribution in [2.24, 2.45) is 0 Å². The molecule has 0 radical (unpaired) electrons. The van der Waals surface area contributed by atoms with Crippen molar-refractivity contribution < 1.29 is 8.42 Å². The van der Waals surface area contributed by atoms with Gasteiger partial charge in [-0.2, -0.15) is 4.31 Å². The number of aromatic nitrogens is 1. The summed E-state index contributed by atoms with van der Waals surface area (Å²) in [5.74, 6) is 0.830. The number of nitrogens with one attached hydrogen (secondary N) is 1. The predicted octanol–water partition coefficient (Wildman–Crippen LogP) is 3.74. The summed E-state index contributed by atoms with van der Waals surface area (Å²) in [6.07, 6.45) is 4.53. The van der Waals surface area contributed by atoms with Gasteiger partial charge in [-0.15, -0.1) is 0 Å². The summed E-state index contributed by atoms with van der Waals surface area (Å²) >= 11 is 0. The molecular weight excluding hydrogens is 334 g/mol. The Morgan fingerprint density at radius 3 is 2.60 bits per heavy atom. The minimum atomic E-state index is -3.49. The van der Waals surface area contributed by atoms with Gasteiger partial charge in [0.05, 0.1) is 10.9 Å². The Kier molecular flexibility index (Phi) is 5.39. The maximum atomic E-state index is 13.0. The van der Waals surface area contributed by atoms with E-state index < -0.39 is 10.0 Å². The minimum absolute atomic E-state index is 0.140. The summed E-state index contributed by atoms with van der Waals surface area (Å²) < 4.78 is 27.7. The molecule has 1 atom stereocenters. The van der Waals surface area contributed by atoms with E-state index >= 15 is 0 Å². The molecule has 2 heterocycles. The zero-order valence-electron chi connectivity index (χ0n) is 14.8. The first kappa shape index (κ1) is 17.9. The molecule has 3 rings (SSSR count). The van der Waals surface area contributed by atoms with Crippen LogP contribution in [-0.2, 0) is 10.0 Å². The second-order valence-electron chi connectivity index (χ2n) is 6.49. The first-order valence-electron chi connectivity index (χ1n) is 8.80. The first-order chi connectivity index (χ1) is 12.0. The number of nitrogens with zero attached hydrogens (tertiary/aromatic N) is 2. The van der Waals surface area contributed by atoms with Crippen LogP contribution in [0.25, 0.3) is 0 Å².